The summed E-state index contributed by atoms with van der Waals surface area (Å²) in [4.78, 5) is 24.3. The van der Waals surface area contributed by atoms with E-state index >= 15 is 0 Å². The molecule has 0 radical (unpaired) electrons. The van der Waals surface area contributed by atoms with Gasteiger partial charge in [-0.25, -0.2) is 4.68 Å². The minimum atomic E-state index is -0.215. The summed E-state index contributed by atoms with van der Waals surface area (Å²) in [7, 11) is 0. The number of aromatic nitrogens is 3. The molecule has 25 heavy (non-hydrogen) atoms. The van der Waals surface area contributed by atoms with Gasteiger partial charge in [-0.15, -0.1) is 5.10 Å². The van der Waals surface area contributed by atoms with Crippen molar-refractivity contribution in [3.63, 3.8) is 0 Å². The normalized spacial score (nSPS) is 10.8. The standard InChI is InChI=1S/C17H14Cl2N4O2/c18-11-8-12(19)10-13(9-11)20-16(24)6-3-7-23-17(25)14-4-1-2-5-15(14)21-22-23/h1-2,4-5,8-10H,3,6-7H2,(H,20,24). The average Bonchev–Trinajstić information content (AvgIpc) is 2.56. The highest BCUT2D eigenvalue weighted by Gasteiger charge is 2.07. The van der Waals surface area contributed by atoms with Crippen LogP contribution < -0.4 is 10.9 Å². The molecule has 2 aromatic carbocycles. The largest absolute Gasteiger partial charge is 0.326 e. The predicted octanol–water partition coefficient (Wildman–Crippen LogP) is 3.52. The van der Waals surface area contributed by atoms with Crippen molar-refractivity contribution in [2.45, 2.75) is 19.4 Å². The summed E-state index contributed by atoms with van der Waals surface area (Å²) in [6, 6.07) is 11.8. The highest BCUT2D eigenvalue weighted by Crippen LogP contribution is 2.22. The van der Waals surface area contributed by atoms with Gasteiger partial charge in [0.2, 0.25) is 5.91 Å². The van der Waals surface area contributed by atoms with Crippen molar-refractivity contribution in [1.82, 2.24) is 15.0 Å². The maximum Gasteiger partial charge on any atom is 0.277 e. The van der Waals surface area contributed by atoms with Crippen LogP contribution in [0.15, 0.2) is 47.3 Å². The molecule has 0 fully saturated rings. The van der Waals surface area contributed by atoms with E-state index in [1.54, 1.807) is 42.5 Å². The Morgan fingerprint density at radius 1 is 1.12 bits per heavy atom. The first-order valence-electron chi connectivity index (χ1n) is 7.61. The number of anilines is 1. The molecule has 0 unspecified atom stereocenters. The number of carbonyl (C=O) groups excluding carboxylic acids is 1. The van der Waals surface area contributed by atoms with E-state index < -0.39 is 0 Å². The summed E-state index contributed by atoms with van der Waals surface area (Å²) in [5.74, 6) is -0.194. The fourth-order valence-corrected chi connectivity index (χ4v) is 2.93. The highest BCUT2D eigenvalue weighted by atomic mass is 35.5. The van der Waals surface area contributed by atoms with Crippen LogP contribution in [-0.2, 0) is 11.3 Å². The monoisotopic (exact) mass is 376 g/mol. The van der Waals surface area contributed by atoms with Gasteiger partial charge in [-0.2, -0.15) is 0 Å². The van der Waals surface area contributed by atoms with E-state index in [-0.39, 0.29) is 17.9 Å². The van der Waals surface area contributed by atoms with E-state index in [2.05, 4.69) is 15.6 Å². The van der Waals surface area contributed by atoms with Crippen molar-refractivity contribution in [2.24, 2.45) is 0 Å². The van der Waals surface area contributed by atoms with Crippen LogP contribution in [0.3, 0.4) is 0 Å². The molecule has 0 bridgehead atoms. The van der Waals surface area contributed by atoms with Gasteiger partial charge in [0, 0.05) is 28.7 Å². The number of nitrogens with one attached hydrogen (secondary N) is 1. The van der Waals surface area contributed by atoms with Crippen LogP contribution in [0.1, 0.15) is 12.8 Å². The van der Waals surface area contributed by atoms with Crippen molar-refractivity contribution >= 4 is 45.7 Å². The molecular weight excluding hydrogens is 363 g/mol. The topological polar surface area (TPSA) is 76.9 Å². The molecule has 0 aliphatic heterocycles. The third-order valence-corrected chi connectivity index (χ3v) is 3.99. The Bertz CT molecular complexity index is 968. The van der Waals surface area contributed by atoms with Gasteiger partial charge in [-0.3, -0.25) is 9.59 Å². The molecular formula is C17H14Cl2N4O2. The van der Waals surface area contributed by atoms with E-state index in [9.17, 15) is 9.59 Å². The summed E-state index contributed by atoms with van der Waals surface area (Å²) in [6.45, 7) is 0.306. The van der Waals surface area contributed by atoms with Crippen LogP contribution in [0.25, 0.3) is 10.9 Å². The zero-order valence-corrected chi connectivity index (χ0v) is 14.6. The lowest BCUT2D eigenvalue weighted by Crippen LogP contribution is -2.25. The molecule has 0 atom stereocenters. The van der Waals surface area contributed by atoms with E-state index in [0.717, 1.165) is 0 Å². The lowest BCUT2D eigenvalue weighted by atomic mass is 10.2. The Morgan fingerprint density at radius 3 is 2.60 bits per heavy atom. The van der Waals surface area contributed by atoms with Crippen LogP contribution in [0.4, 0.5) is 5.69 Å². The number of fused-ring (bicyclic) bond motifs is 1. The Kier molecular flexibility index (Phi) is 5.31. The third kappa shape index (κ3) is 4.35. The Morgan fingerprint density at radius 2 is 1.84 bits per heavy atom. The predicted molar refractivity (Wildman–Crippen MR) is 98.1 cm³/mol. The Hall–Kier alpha value is -2.44. The minimum Gasteiger partial charge on any atom is -0.326 e. The maximum atomic E-state index is 12.3. The van der Waals surface area contributed by atoms with Crippen molar-refractivity contribution in [1.29, 1.82) is 0 Å². The first kappa shape index (κ1) is 17.4. The fourth-order valence-electron chi connectivity index (χ4n) is 2.41. The first-order valence-corrected chi connectivity index (χ1v) is 8.37. The summed E-state index contributed by atoms with van der Waals surface area (Å²) in [5.41, 5.74) is 0.872. The molecule has 3 aromatic rings. The number of hydrogen-bond acceptors (Lipinski definition) is 4. The fraction of sp³-hybridized carbons (Fsp3) is 0.176. The van der Waals surface area contributed by atoms with E-state index in [1.807, 2.05) is 0 Å². The molecule has 0 saturated heterocycles. The quantitative estimate of drug-likeness (QED) is 0.738. The Labute approximate surface area is 153 Å². The lowest BCUT2D eigenvalue weighted by Gasteiger charge is -2.07. The summed E-state index contributed by atoms with van der Waals surface area (Å²) < 4.78 is 1.27. The maximum absolute atomic E-state index is 12.3. The molecule has 128 valence electrons. The molecule has 0 saturated carbocycles. The number of nitrogens with zero attached hydrogens (tertiary/aromatic N) is 3. The van der Waals surface area contributed by atoms with Crippen molar-refractivity contribution in [3.05, 3.63) is 62.9 Å². The van der Waals surface area contributed by atoms with Crippen LogP contribution in [0, 0.1) is 0 Å². The SMILES string of the molecule is O=C(CCCn1nnc2ccccc2c1=O)Nc1cc(Cl)cc(Cl)c1. The van der Waals surface area contributed by atoms with Crippen molar-refractivity contribution in [2.75, 3.05) is 5.32 Å². The van der Waals surface area contributed by atoms with Crippen LogP contribution in [0.2, 0.25) is 10.0 Å². The number of aryl methyl sites for hydroxylation is 1. The molecule has 0 spiro atoms. The number of halogens is 2. The van der Waals surface area contributed by atoms with E-state index in [4.69, 9.17) is 23.2 Å². The number of hydrogen-bond donors (Lipinski definition) is 1. The molecule has 1 amide bonds. The highest BCUT2D eigenvalue weighted by molar-refractivity contribution is 6.35. The summed E-state index contributed by atoms with van der Waals surface area (Å²) in [5, 5.41) is 12.0. The molecule has 6 nitrogen and oxygen atoms in total. The van der Waals surface area contributed by atoms with Gasteiger partial charge in [0.15, 0.2) is 0 Å². The molecule has 0 aliphatic rings. The van der Waals surface area contributed by atoms with Crippen LogP contribution >= 0.6 is 23.2 Å². The first-order chi connectivity index (χ1) is 12.0. The lowest BCUT2D eigenvalue weighted by molar-refractivity contribution is -0.116. The smallest absolute Gasteiger partial charge is 0.277 e. The second-order valence-corrected chi connectivity index (χ2v) is 6.32. The number of rotatable bonds is 5. The summed E-state index contributed by atoms with van der Waals surface area (Å²) >= 11 is 11.8. The van der Waals surface area contributed by atoms with Gasteiger partial charge in [0.25, 0.3) is 5.56 Å². The molecule has 8 heteroatoms. The van der Waals surface area contributed by atoms with Gasteiger partial charge in [0.1, 0.15) is 5.52 Å². The molecule has 3 rings (SSSR count). The van der Waals surface area contributed by atoms with Gasteiger partial charge in [-0.1, -0.05) is 40.5 Å². The molecule has 1 N–H and O–H groups in total. The average molecular weight is 377 g/mol. The number of benzene rings is 2. The molecule has 0 aliphatic carbocycles. The third-order valence-electron chi connectivity index (χ3n) is 3.55. The molecule has 1 aromatic heterocycles. The zero-order chi connectivity index (χ0) is 17.8. The van der Waals surface area contributed by atoms with E-state index in [1.165, 1.54) is 4.68 Å². The molecule has 1 heterocycles. The number of carbonyl (C=O) groups is 1. The second-order valence-electron chi connectivity index (χ2n) is 5.44. The van der Waals surface area contributed by atoms with Gasteiger partial charge in [-0.05, 0) is 36.8 Å². The van der Waals surface area contributed by atoms with Crippen molar-refractivity contribution in [3.8, 4) is 0 Å². The van der Waals surface area contributed by atoms with Crippen LogP contribution in [-0.4, -0.2) is 20.9 Å². The van der Waals surface area contributed by atoms with Crippen molar-refractivity contribution < 1.29 is 4.79 Å². The second kappa shape index (κ2) is 7.63. The van der Waals surface area contributed by atoms with Gasteiger partial charge >= 0.3 is 0 Å². The van der Waals surface area contributed by atoms with Crippen LogP contribution in [0.5, 0.6) is 0 Å². The minimum absolute atomic E-state index is 0.194. The van der Waals surface area contributed by atoms with Gasteiger partial charge in [0.05, 0.1) is 5.39 Å². The van der Waals surface area contributed by atoms with Gasteiger partial charge < -0.3 is 5.32 Å². The zero-order valence-electron chi connectivity index (χ0n) is 13.1. The summed E-state index contributed by atoms with van der Waals surface area (Å²) in [6.07, 6.45) is 0.679. The Balaban J connectivity index is 1.60. The number of amides is 1. The van der Waals surface area contributed by atoms with E-state index in [0.29, 0.717) is 39.6 Å².